The summed E-state index contributed by atoms with van der Waals surface area (Å²) in [5, 5.41) is 0. The Hall–Kier alpha value is -1.15. The molecule has 0 saturated carbocycles. The van der Waals surface area contributed by atoms with Crippen LogP contribution in [0.5, 0.6) is 5.75 Å². The molecule has 1 saturated heterocycles. The van der Waals surface area contributed by atoms with Crippen molar-refractivity contribution in [3.8, 4) is 5.75 Å². The van der Waals surface area contributed by atoms with Crippen LogP contribution >= 0.6 is 0 Å². The first-order valence-corrected chi connectivity index (χ1v) is 11.4. The fourth-order valence-electron chi connectivity index (χ4n) is 3.04. The van der Waals surface area contributed by atoms with E-state index in [1.165, 1.54) is 17.8 Å². The normalized spacial score (nSPS) is 16.3. The first-order chi connectivity index (χ1) is 13.3. The Morgan fingerprint density at radius 2 is 1.61 bits per heavy atom. The van der Waals surface area contributed by atoms with Gasteiger partial charge in [0.25, 0.3) is 0 Å². The lowest BCUT2D eigenvalue weighted by atomic mass is 9.93. The summed E-state index contributed by atoms with van der Waals surface area (Å²) in [4.78, 5) is 0.300. The second-order valence-electron chi connectivity index (χ2n) is 6.51. The Morgan fingerprint density at radius 1 is 1.07 bits per heavy atom. The highest BCUT2D eigenvalue weighted by Crippen LogP contribution is 2.32. The molecule has 1 aromatic rings. The van der Waals surface area contributed by atoms with E-state index in [2.05, 4.69) is 13.8 Å². The van der Waals surface area contributed by atoms with Crippen molar-refractivity contribution in [2.75, 3.05) is 41.0 Å². The van der Waals surface area contributed by atoms with Crippen LogP contribution in [0.15, 0.2) is 23.1 Å². The Labute approximate surface area is 172 Å². The van der Waals surface area contributed by atoms with Gasteiger partial charge >= 0.3 is 0 Å². The number of piperidine rings is 1. The number of benzene rings is 1. The Bertz CT molecular complexity index is 653. The van der Waals surface area contributed by atoms with Crippen molar-refractivity contribution < 1.29 is 22.6 Å². The van der Waals surface area contributed by atoms with Crippen LogP contribution in [-0.4, -0.2) is 59.3 Å². The van der Waals surface area contributed by atoms with Gasteiger partial charge in [0.15, 0.2) is 0 Å². The van der Waals surface area contributed by atoms with Gasteiger partial charge in [-0.1, -0.05) is 40.2 Å². The molecule has 0 amide bonds. The van der Waals surface area contributed by atoms with Crippen LogP contribution in [0.25, 0.3) is 0 Å². The highest BCUT2D eigenvalue weighted by atomic mass is 32.2. The van der Waals surface area contributed by atoms with E-state index in [0.29, 0.717) is 48.7 Å². The van der Waals surface area contributed by atoms with Gasteiger partial charge in [0, 0.05) is 32.9 Å². The summed E-state index contributed by atoms with van der Waals surface area (Å²) in [6.45, 7) is 11.3. The van der Waals surface area contributed by atoms with Gasteiger partial charge in [-0.2, -0.15) is 4.31 Å². The number of hydrogen-bond donors (Lipinski definition) is 0. The molecule has 0 atom stereocenters. The molecule has 164 valence electrons. The van der Waals surface area contributed by atoms with Gasteiger partial charge in [0.2, 0.25) is 10.0 Å². The monoisotopic (exact) mass is 417 g/mol. The van der Waals surface area contributed by atoms with Crippen molar-refractivity contribution >= 4 is 10.0 Å². The largest absolute Gasteiger partial charge is 0.496 e. The molecule has 0 N–H and O–H groups in total. The Kier molecular flexibility index (Phi) is 12.6. The van der Waals surface area contributed by atoms with Gasteiger partial charge in [-0.15, -0.1) is 0 Å². The van der Waals surface area contributed by atoms with Crippen LogP contribution in [0.2, 0.25) is 0 Å². The van der Waals surface area contributed by atoms with Crippen LogP contribution < -0.4 is 4.74 Å². The van der Waals surface area contributed by atoms with Crippen LogP contribution in [0.3, 0.4) is 0 Å². The third-order valence-electron chi connectivity index (χ3n) is 4.55. The predicted octanol–water partition coefficient (Wildman–Crippen LogP) is 4.26. The number of rotatable bonds is 6. The van der Waals surface area contributed by atoms with E-state index in [9.17, 15) is 8.42 Å². The second-order valence-corrected chi connectivity index (χ2v) is 8.42. The van der Waals surface area contributed by atoms with E-state index in [-0.39, 0.29) is 0 Å². The highest BCUT2D eigenvalue weighted by Gasteiger charge is 2.39. The zero-order chi connectivity index (χ0) is 21.8. The molecule has 1 aliphatic heterocycles. The van der Waals surface area contributed by atoms with Crippen molar-refractivity contribution in [3.63, 3.8) is 0 Å². The van der Waals surface area contributed by atoms with Crippen molar-refractivity contribution in [1.29, 1.82) is 0 Å². The van der Waals surface area contributed by atoms with Gasteiger partial charge < -0.3 is 14.2 Å². The van der Waals surface area contributed by atoms with Gasteiger partial charge in [-0.25, -0.2) is 8.42 Å². The van der Waals surface area contributed by atoms with E-state index in [1.54, 1.807) is 39.3 Å². The summed E-state index contributed by atoms with van der Waals surface area (Å²) >= 11 is 0. The number of sulfonamides is 1. The van der Waals surface area contributed by atoms with Gasteiger partial charge in [0.1, 0.15) is 5.75 Å². The van der Waals surface area contributed by atoms with E-state index in [4.69, 9.17) is 14.2 Å². The number of hydrogen-bond acceptors (Lipinski definition) is 5. The van der Waals surface area contributed by atoms with Crippen LogP contribution in [-0.2, 0) is 19.5 Å². The lowest BCUT2D eigenvalue weighted by Gasteiger charge is -2.39. The minimum absolute atomic E-state index is 0.300. The maximum atomic E-state index is 12.9. The topological polar surface area (TPSA) is 65.1 Å². The molecular weight excluding hydrogens is 378 g/mol. The average Bonchev–Trinajstić information content (AvgIpc) is 2.71. The third-order valence-corrected chi connectivity index (χ3v) is 6.59. The molecule has 1 heterocycles. The highest BCUT2D eigenvalue weighted by molar-refractivity contribution is 7.89. The molecule has 28 heavy (non-hydrogen) atoms. The van der Waals surface area contributed by atoms with E-state index >= 15 is 0 Å². The summed E-state index contributed by atoms with van der Waals surface area (Å²) in [5.41, 5.74) is 0.236. The van der Waals surface area contributed by atoms with E-state index in [0.717, 1.165) is 0 Å². The SMILES string of the molecule is CC.CCC.COCC1(OC)CCN(S(=O)(=O)c2cccc(OC)c2C)CC1. The zero-order valence-corrected chi connectivity index (χ0v) is 19.7. The van der Waals surface area contributed by atoms with Gasteiger partial charge in [0.05, 0.1) is 24.2 Å². The molecule has 0 bridgehead atoms. The van der Waals surface area contributed by atoms with Crippen molar-refractivity contribution in [2.45, 2.75) is 64.4 Å². The second kappa shape index (κ2) is 13.1. The first-order valence-electron chi connectivity index (χ1n) is 9.99. The summed E-state index contributed by atoms with van der Waals surface area (Å²) in [5.74, 6) is 0.578. The predicted molar refractivity (Wildman–Crippen MR) is 115 cm³/mol. The average molecular weight is 418 g/mol. The maximum absolute atomic E-state index is 12.9. The van der Waals surface area contributed by atoms with Crippen LogP contribution in [0.4, 0.5) is 0 Å². The smallest absolute Gasteiger partial charge is 0.243 e. The molecule has 0 unspecified atom stereocenters. The quantitative estimate of drug-likeness (QED) is 0.692. The number of ether oxygens (including phenoxy) is 3. The Morgan fingerprint density at radius 3 is 2.04 bits per heavy atom. The lowest BCUT2D eigenvalue weighted by Crippen LogP contribution is -2.49. The molecule has 1 aromatic carbocycles. The molecule has 2 rings (SSSR count). The van der Waals surface area contributed by atoms with Crippen molar-refractivity contribution in [3.05, 3.63) is 23.8 Å². The molecular formula is C21H39NO5S. The fourth-order valence-corrected chi connectivity index (χ4v) is 4.72. The minimum atomic E-state index is -3.54. The van der Waals surface area contributed by atoms with Crippen molar-refractivity contribution in [2.24, 2.45) is 0 Å². The molecule has 0 spiro atoms. The van der Waals surface area contributed by atoms with E-state index in [1.807, 2.05) is 13.8 Å². The maximum Gasteiger partial charge on any atom is 0.243 e. The van der Waals surface area contributed by atoms with Gasteiger partial charge in [-0.05, 0) is 31.9 Å². The van der Waals surface area contributed by atoms with Crippen LogP contribution in [0.1, 0.15) is 52.5 Å². The lowest BCUT2D eigenvalue weighted by molar-refractivity contribution is -0.0899. The van der Waals surface area contributed by atoms with Gasteiger partial charge in [-0.3, -0.25) is 0 Å². The van der Waals surface area contributed by atoms with Crippen molar-refractivity contribution in [1.82, 2.24) is 4.31 Å². The molecule has 7 heteroatoms. The summed E-state index contributed by atoms with van der Waals surface area (Å²) in [7, 11) is 1.27. The summed E-state index contributed by atoms with van der Waals surface area (Å²) in [6.07, 6.45) is 2.47. The summed E-state index contributed by atoms with van der Waals surface area (Å²) < 4.78 is 43.4. The molecule has 1 aliphatic rings. The molecule has 1 fully saturated rings. The molecule has 0 aromatic heterocycles. The molecule has 0 radical (unpaired) electrons. The first kappa shape index (κ1) is 26.9. The number of methoxy groups -OCH3 is 3. The number of nitrogens with zero attached hydrogens (tertiary/aromatic N) is 1. The fraction of sp³-hybridized carbons (Fsp3) is 0.714. The van der Waals surface area contributed by atoms with Crippen LogP contribution in [0, 0.1) is 6.92 Å². The molecule has 0 aliphatic carbocycles. The third kappa shape index (κ3) is 6.72. The Balaban J connectivity index is 0.00000133. The standard InChI is InChI=1S/C16H25NO5S.C3H8.C2H6/c1-13-14(21-3)6-5-7-15(13)23(18,19)17-10-8-16(22-4,9-11-17)12-20-2;1-3-2;1-2/h5-7H,8-12H2,1-4H3;3H2,1-2H3;1-2H3. The molecule has 6 nitrogen and oxygen atoms in total. The zero-order valence-electron chi connectivity index (χ0n) is 18.9. The summed E-state index contributed by atoms with van der Waals surface area (Å²) in [6, 6.07) is 5.09. The minimum Gasteiger partial charge on any atom is -0.496 e. The van der Waals surface area contributed by atoms with E-state index < -0.39 is 15.6 Å².